The Hall–Kier alpha value is -3.96. The molecule has 5 amide bonds. The smallest absolute Gasteiger partial charge is 0.344 e. The van der Waals surface area contributed by atoms with E-state index in [9.17, 15) is 29.1 Å². The lowest BCUT2D eigenvalue weighted by Gasteiger charge is -2.31. The van der Waals surface area contributed by atoms with Crippen molar-refractivity contribution < 1.29 is 29.1 Å². The lowest BCUT2D eigenvalue weighted by Crippen LogP contribution is -2.57. The number of rotatable bonds is 11. The molecule has 2 unspecified atom stereocenters. The fourth-order valence-corrected chi connectivity index (χ4v) is 3.53. The van der Waals surface area contributed by atoms with Crippen molar-refractivity contribution in [3.8, 4) is 0 Å². The molecule has 1 aliphatic heterocycles. The Labute approximate surface area is 196 Å². The standard InChI is InChI=1S/C22H30N6O6/c1-4-5-6-7-17(30)25-16(19(31)32)12-27(13(2)29)28-20(33)22(3,26-21(28)34)15-10-8-14(9-11-15)18(23)24/h8-11,16H,4-7,12H2,1-3H3,(H3,23,24)(H,25,30)(H,26,34)(H,31,32). The van der Waals surface area contributed by atoms with Gasteiger partial charge in [0.05, 0.1) is 6.54 Å². The fourth-order valence-electron chi connectivity index (χ4n) is 3.53. The van der Waals surface area contributed by atoms with Gasteiger partial charge in [-0.2, -0.15) is 5.01 Å². The van der Waals surface area contributed by atoms with Gasteiger partial charge in [0.15, 0.2) is 0 Å². The molecule has 1 aliphatic rings. The van der Waals surface area contributed by atoms with Crippen LogP contribution in [0.5, 0.6) is 0 Å². The van der Waals surface area contributed by atoms with Crippen molar-refractivity contribution in [3.63, 3.8) is 0 Å². The highest BCUT2D eigenvalue weighted by atomic mass is 16.4. The van der Waals surface area contributed by atoms with Gasteiger partial charge in [0.25, 0.3) is 5.91 Å². The molecule has 0 spiro atoms. The SMILES string of the molecule is CCCCCC(=O)NC(CN(C(C)=O)N1C(=O)NC(C)(c2ccc(C(=N)N)cc2)C1=O)C(=O)O. The van der Waals surface area contributed by atoms with Crippen LogP contribution in [0.25, 0.3) is 0 Å². The summed E-state index contributed by atoms with van der Waals surface area (Å²) >= 11 is 0. The van der Waals surface area contributed by atoms with Crippen molar-refractivity contribution in [2.24, 2.45) is 5.73 Å². The Kier molecular flexibility index (Phi) is 8.33. The molecule has 1 fully saturated rings. The average Bonchev–Trinajstić information content (AvgIpc) is 3.00. The molecule has 0 aromatic heterocycles. The number of amides is 5. The first kappa shape index (κ1) is 26.3. The van der Waals surface area contributed by atoms with E-state index in [1.807, 2.05) is 6.92 Å². The predicted octanol–water partition coefficient (Wildman–Crippen LogP) is 0.651. The van der Waals surface area contributed by atoms with Crippen molar-refractivity contribution in [2.75, 3.05) is 6.54 Å². The number of hydrogen-bond acceptors (Lipinski definition) is 6. The summed E-state index contributed by atoms with van der Waals surface area (Å²) in [5.41, 5.74) is 4.69. The number of aliphatic carboxylic acids is 1. The molecule has 0 bridgehead atoms. The highest BCUT2D eigenvalue weighted by Crippen LogP contribution is 2.30. The topological polar surface area (TPSA) is 186 Å². The predicted molar refractivity (Wildman–Crippen MR) is 121 cm³/mol. The Morgan fingerprint density at radius 2 is 1.85 bits per heavy atom. The van der Waals surface area contributed by atoms with Crippen LogP contribution in [0.15, 0.2) is 24.3 Å². The summed E-state index contributed by atoms with van der Waals surface area (Å²) in [6, 6.07) is 3.63. The number of nitrogen functional groups attached to an aromatic ring is 1. The third-order valence-corrected chi connectivity index (χ3v) is 5.54. The molecule has 1 aromatic carbocycles. The summed E-state index contributed by atoms with van der Waals surface area (Å²) in [6.07, 6.45) is 2.39. The van der Waals surface area contributed by atoms with Gasteiger partial charge in [0.1, 0.15) is 17.4 Å². The zero-order chi connectivity index (χ0) is 25.6. The van der Waals surface area contributed by atoms with E-state index in [0.717, 1.165) is 19.8 Å². The van der Waals surface area contributed by atoms with Crippen molar-refractivity contribution >= 4 is 35.6 Å². The molecule has 0 saturated carbocycles. The number of carbonyl (C=O) groups is 5. The lowest BCUT2D eigenvalue weighted by molar-refractivity contribution is -0.158. The number of urea groups is 1. The first-order valence-corrected chi connectivity index (χ1v) is 10.8. The van der Waals surface area contributed by atoms with Crippen LogP contribution in [0.2, 0.25) is 0 Å². The zero-order valence-corrected chi connectivity index (χ0v) is 19.4. The summed E-state index contributed by atoms with van der Waals surface area (Å²) in [7, 11) is 0. The Bertz CT molecular complexity index is 994. The van der Waals surface area contributed by atoms with Crippen LogP contribution < -0.4 is 16.4 Å². The van der Waals surface area contributed by atoms with Crippen molar-refractivity contribution in [1.82, 2.24) is 20.7 Å². The molecule has 1 aromatic rings. The summed E-state index contributed by atoms with van der Waals surface area (Å²) < 4.78 is 0. The number of nitrogens with zero attached hydrogens (tertiary/aromatic N) is 2. The molecule has 0 radical (unpaired) electrons. The van der Waals surface area contributed by atoms with Gasteiger partial charge >= 0.3 is 12.0 Å². The van der Waals surface area contributed by atoms with E-state index < -0.39 is 47.8 Å². The van der Waals surface area contributed by atoms with Gasteiger partial charge in [0, 0.05) is 18.9 Å². The van der Waals surface area contributed by atoms with Gasteiger partial charge in [-0.15, -0.1) is 0 Å². The number of carboxylic acid groups (broad SMARTS) is 1. The van der Waals surface area contributed by atoms with E-state index in [2.05, 4.69) is 10.6 Å². The second-order valence-corrected chi connectivity index (χ2v) is 8.18. The Morgan fingerprint density at radius 3 is 2.35 bits per heavy atom. The van der Waals surface area contributed by atoms with Crippen molar-refractivity contribution in [1.29, 1.82) is 5.41 Å². The van der Waals surface area contributed by atoms with Gasteiger partial charge in [-0.1, -0.05) is 44.0 Å². The number of hydrazine groups is 1. The van der Waals surface area contributed by atoms with E-state index >= 15 is 0 Å². The second kappa shape index (κ2) is 10.8. The number of hydrogen-bond donors (Lipinski definition) is 5. The van der Waals surface area contributed by atoms with Gasteiger partial charge in [-0.3, -0.25) is 19.8 Å². The van der Waals surface area contributed by atoms with Crippen LogP contribution in [0.1, 0.15) is 57.6 Å². The normalized spacial score (nSPS) is 18.3. The highest BCUT2D eigenvalue weighted by Gasteiger charge is 2.52. The van der Waals surface area contributed by atoms with Crippen LogP contribution in [0.3, 0.4) is 0 Å². The van der Waals surface area contributed by atoms with E-state index in [4.69, 9.17) is 11.1 Å². The molecule has 1 heterocycles. The number of unbranched alkanes of at least 4 members (excludes halogenated alkanes) is 2. The quantitative estimate of drug-likeness (QED) is 0.135. The molecule has 184 valence electrons. The first-order chi connectivity index (χ1) is 15.9. The van der Waals surface area contributed by atoms with E-state index in [0.29, 0.717) is 27.6 Å². The molecule has 12 heteroatoms. The summed E-state index contributed by atoms with van der Waals surface area (Å²) in [5.74, 6) is -3.64. The minimum absolute atomic E-state index is 0.120. The Balaban J connectivity index is 2.27. The molecule has 2 rings (SSSR count). The van der Waals surface area contributed by atoms with Crippen molar-refractivity contribution in [3.05, 3.63) is 35.4 Å². The van der Waals surface area contributed by atoms with Crippen LogP contribution >= 0.6 is 0 Å². The molecule has 0 aliphatic carbocycles. The molecular weight excluding hydrogens is 444 g/mol. The monoisotopic (exact) mass is 474 g/mol. The fraction of sp³-hybridized carbons (Fsp3) is 0.455. The number of nitrogens with one attached hydrogen (secondary N) is 3. The first-order valence-electron chi connectivity index (χ1n) is 10.8. The molecule has 1 saturated heterocycles. The Morgan fingerprint density at radius 1 is 1.24 bits per heavy atom. The van der Waals surface area contributed by atoms with Crippen LogP contribution in [-0.4, -0.2) is 63.3 Å². The largest absolute Gasteiger partial charge is 0.480 e. The number of imide groups is 1. The number of carbonyl (C=O) groups excluding carboxylic acids is 4. The maximum atomic E-state index is 13.3. The lowest BCUT2D eigenvalue weighted by atomic mass is 9.91. The maximum Gasteiger partial charge on any atom is 0.344 e. The maximum absolute atomic E-state index is 13.3. The number of carboxylic acids is 1. The number of nitrogens with two attached hydrogens (primary N) is 1. The second-order valence-electron chi connectivity index (χ2n) is 8.18. The third-order valence-electron chi connectivity index (χ3n) is 5.54. The number of amidine groups is 1. The highest BCUT2D eigenvalue weighted by molar-refractivity contribution is 6.08. The average molecular weight is 475 g/mol. The van der Waals surface area contributed by atoms with Crippen LogP contribution in [0, 0.1) is 5.41 Å². The van der Waals surface area contributed by atoms with Gasteiger partial charge in [-0.25, -0.2) is 14.6 Å². The molecule has 12 nitrogen and oxygen atoms in total. The van der Waals surface area contributed by atoms with E-state index in [1.54, 1.807) is 0 Å². The summed E-state index contributed by atoms with van der Waals surface area (Å²) in [4.78, 5) is 62.3. The summed E-state index contributed by atoms with van der Waals surface area (Å²) in [6.45, 7) is 3.87. The minimum atomic E-state index is -1.55. The van der Waals surface area contributed by atoms with Crippen LogP contribution in [0.4, 0.5) is 4.79 Å². The van der Waals surface area contributed by atoms with E-state index in [1.165, 1.54) is 31.2 Å². The molecule has 2 atom stereocenters. The van der Waals surface area contributed by atoms with Gasteiger partial charge in [-0.05, 0) is 18.9 Å². The zero-order valence-electron chi connectivity index (χ0n) is 19.4. The van der Waals surface area contributed by atoms with Gasteiger partial charge < -0.3 is 21.5 Å². The van der Waals surface area contributed by atoms with Crippen molar-refractivity contribution in [2.45, 2.75) is 58.0 Å². The summed E-state index contributed by atoms with van der Waals surface area (Å²) in [5, 5.41) is 23.2. The molecule has 6 N–H and O–H groups in total. The number of benzene rings is 1. The molecular formula is C22H30N6O6. The third kappa shape index (κ3) is 5.69. The molecule has 34 heavy (non-hydrogen) atoms. The van der Waals surface area contributed by atoms with Crippen LogP contribution in [-0.2, 0) is 24.7 Å². The minimum Gasteiger partial charge on any atom is -0.480 e. The van der Waals surface area contributed by atoms with Gasteiger partial charge in [0.2, 0.25) is 11.8 Å². The van der Waals surface area contributed by atoms with E-state index in [-0.39, 0.29) is 12.3 Å².